The van der Waals surface area contributed by atoms with E-state index < -0.39 is 0 Å². The van der Waals surface area contributed by atoms with Crippen molar-refractivity contribution in [3.63, 3.8) is 0 Å². The predicted octanol–water partition coefficient (Wildman–Crippen LogP) is 2.77. The van der Waals surface area contributed by atoms with Crippen LogP contribution in [0.15, 0.2) is 18.5 Å². The highest BCUT2D eigenvalue weighted by atomic mass is 32.1. The molecule has 5 heteroatoms. The predicted molar refractivity (Wildman–Crippen MR) is 87.4 cm³/mol. The van der Waals surface area contributed by atoms with Crippen LogP contribution in [-0.4, -0.2) is 27.5 Å². The van der Waals surface area contributed by atoms with Crippen molar-refractivity contribution in [1.82, 2.24) is 19.8 Å². The number of nitrogens with zero attached hydrogens (tertiary/aromatic N) is 3. The van der Waals surface area contributed by atoms with Crippen LogP contribution in [0.1, 0.15) is 34.5 Å². The minimum Gasteiger partial charge on any atom is -0.333 e. The summed E-state index contributed by atoms with van der Waals surface area (Å²) in [5, 5.41) is 3.49. The zero-order valence-corrected chi connectivity index (χ0v) is 13.7. The Kier molecular flexibility index (Phi) is 4.73. The molecule has 3 rings (SSSR count). The Balaban J connectivity index is 1.60. The van der Waals surface area contributed by atoms with Gasteiger partial charge in [0.05, 0.1) is 6.54 Å². The molecule has 0 amide bonds. The maximum atomic E-state index is 4.44. The molecule has 0 unspecified atom stereocenters. The fourth-order valence-electron chi connectivity index (χ4n) is 2.82. The van der Waals surface area contributed by atoms with Gasteiger partial charge in [-0.3, -0.25) is 4.90 Å². The lowest BCUT2D eigenvalue weighted by Crippen LogP contribution is -2.33. The number of thiophene rings is 1. The largest absolute Gasteiger partial charge is 0.333 e. The third-order valence-electron chi connectivity index (χ3n) is 4.02. The van der Waals surface area contributed by atoms with Gasteiger partial charge in [-0.05, 0) is 31.5 Å². The van der Waals surface area contributed by atoms with Crippen LogP contribution in [0.5, 0.6) is 0 Å². The van der Waals surface area contributed by atoms with Crippen molar-refractivity contribution in [2.75, 3.05) is 13.1 Å². The first kappa shape index (κ1) is 14.8. The summed E-state index contributed by atoms with van der Waals surface area (Å²) in [7, 11) is 0. The number of aryl methyl sites for hydroxylation is 1. The Labute approximate surface area is 130 Å². The smallest absolute Gasteiger partial charge is 0.122 e. The van der Waals surface area contributed by atoms with Gasteiger partial charge in [-0.1, -0.05) is 6.92 Å². The SMILES string of the molecule is CCCNCc1cc(CN2CCn3ccnc3C2)c(C)s1. The second-order valence-corrected chi connectivity index (χ2v) is 7.06. The van der Waals surface area contributed by atoms with Gasteiger partial charge < -0.3 is 9.88 Å². The molecule has 2 aromatic heterocycles. The van der Waals surface area contributed by atoms with Crippen LogP contribution in [0.25, 0.3) is 0 Å². The number of hydrogen-bond donors (Lipinski definition) is 1. The van der Waals surface area contributed by atoms with E-state index in [9.17, 15) is 0 Å². The van der Waals surface area contributed by atoms with Crippen molar-refractivity contribution in [2.24, 2.45) is 0 Å². The molecule has 0 radical (unpaired) electrons. The average molecular weight is 304 g/mol. The minimum absolute atomic E-state index is 0.964. The molecule has 1 N–H and O–H groups in total. The number of fused-ring (bicyclic) bond motifs is 1. The van der Waals surface area contributed by atoms with E-state index in [4.69, 9.17) is 0 Å². The first-order valence-electron chi connectivity index (χ1n) is 7.77. The Hall–Kier alpha value is -1.17. The quantitative estimate of drug-likeness (QED) is 0.833. The van der Waals surface area contributed by atoms with Crippen molar-refractivity contribution in [1.29, 1.82) is 0 Å². The number of rotatable bonds is 6. The Morgan fingerprint density at radius 2 is 2.29 bits per heavy atom. The molecule has 3 heterocycles. The van der Waals surface area contributed by atoms with Crippen molar-refractivity contribution >= 4 is 11.3 Å². The molecule has 0 bridgehead atoms. The van der Waals surface area contributed by atoms with E-state index >= 15 is 0 Å². The van der Waals surface area contributed by atoms with Gasteiger partial charge in [0.1, 0.15) is 5.82 Å². The van der Waals surface area contributed by atoms with Gasteiger partial charge >= 0.3 is 0 Å². The van der Waals surface area contributed by atoms with Crippen molar-refractivity contribution in [2.45, 2.75) is 46.4 Å². The van der Waals surface area contributed by atoms with E-state index in [0.717, 1.165) is 39.3 Å². The van der Waals surface area contributed by atoms with Crippen LogP contribution in [0.2, 0.25) is 0 Å². The van der Waals surface area contributed by atoms with E-state index in [1.807, 2.05) is 17.5 Å². The summed E-state index contributed by atoms with van der Waals surface area (Å²) in [4.78, 5) is 9.85. The highest BCUT2D eigenvalue weighted by molar-refractivity contribution is 7.12. The lowest BCUT2D eigenvalue weighted by molar-refractivity contribution is 0.209. The lowest BCUT2D eigenvalue weighted by Gasteiger charge is -2.27. The number of nitrogens with one attached hydrogen (secondary N) is 1. The van der Waals surface area contributed by atoms with E-state index in [2.05, 4.69) is 45.9 Å². The molecule has 1 aliphatic heterocycles. The van der Waals surface area contributed by atoms with Gasteiger partial charge in [0, 0.05) is 48.3 Å². The summed E-state index contributed by atoms with van der Waals surface area (Å²) < 4.78 is 2.26. The summed E-state index contributed by atoms with van der Waals surface area (Å²) >= 11 is 1.93. The average Bonchev–Trinajstić information content (AvgIpc) is 3.06. The molecule has 114 valence electrons. The molecule has 0 saturated heterocycles. The highest BCUT2D eigenvalue weighted by Gasteiger charge is 2.18. The van der Waals surface area contributed by atoms with E-state index in [0.29, 0.717) is 0 Å². The van der Waals surface area contributed by atoms with Gasteiger partial charge in [0.15, 0.2) is 0 Å². The fraction of sp³-hybridized carbons (Fsp3) is 0.562. The topological polar surface area (TPSA) is 33.1 Å². The Bertz CT molecular complexity index is 587. The first-order chi connectivity index (χ1) is 10.3. The van der Waals surface area contributed by atoms with Crippen molar-refractivity contribution < 1.29 is 0 Å². The Morgan fingerprint density at radius 3 is 3.14 bits per heavy atom. The molecule has 0 aliphatic carbocycles. The van der Waals surface area contributed by atoms with Crippen LogP contribution in [-0.2, 0) is 26.2 Å². The molecular weight excluding hydrogens is 280 g/mol. The lowest BCUT2D eigenvalue weighted by atomic mass is 10.2. The van der Waals surface area contributed by atoms with Gasteiger partial charge in [-0.2, -0.15) is 0 Å². The van der Waals surface area contributed by atoms with Gasteiger partial charge in [-0.25, -0.2) is 4.98 Å². The summed E-state index contributed by atoms with van der Waals surface area (Å²) in [6.07, 6.45) is 5.18. The fourth-order valence-corrected chi connectivity index (χ4v) is 3.84. The standard InChI is InChI=1S/C16H24N4S/c1-3-4-17-10-15-9-14(13(2)21-15)11-19-7-8-20-6-5-18-16(20)12-19/h5-6,9,17H,3-4,7-8,10-12H2,1-2H3. The molecule has 21 heavy (non-hydrogen) atoms. The number of aromatic nitrogens is 2. The van der Waals surface area contributed by atoms with Crippen molar-refractivity contribution in [3.05, 3.63) is 39.6 Å². The molecule has 0 aromatic carbocycles. The number of hydrogen-bond acceptors (Lipinski definition) is 4. The van der Waals surface area contributed by atoms with Crippen LogP contribution in [0.3, 0.4) is 0 Å². The maximum absolute atomic E-state index is 4.44. The molecular formula is C16H24N4S. The highest BCUT2D eigenvalue weighted by Crippen LogP contribution is 2.24. The van der Waals surface area contributed by atoms with Crippen LogP contribution in [0, 0.1) is 6.92 Å². The van der Waals surface area contributed by atoms with Crippen LogP contribution < -0.4 is 5.32 Å². The second-order valence-electron chi connectivity index (χ2n) is 5.72. The maximum Gasteiger partial charge on any atom is 0.122 e. The summed E-state index contributed by atoms with van der Waals surface area (Å²) in [5.41, 5.74) is 1.48. The molecule has 4 nitrogen and oxygen atoms in total. The minimum atomic E-state index is 0.964. The summed E-state index contributed by atoms with van der Waals surface area (Å²) in [6.45, 7) is 10.7. The molecule has 0 fully saturated rings. The second kappa shape index (κ2) is 6.73. The van der Waals surface area contributed by atoms with E-state index in [-0.39, 0.29) is 0 Å². The van der Waals surface area contributed by atoms with E-state index in [1.54, 1.807) is 0 Å². The van der Waals surface area contributed by atoms with Crippen LogP contribution in [0.4, 0.5) is 0 Å². The van der Waals surface area contributed by atoms with Gasteiger partial charge in [0.25, 0.3) is 0 Å². The number of imidazole rings is 1. The molecule has 0 atom stereocenters. The Morgan fingerprint density at radius 1 is 1.38 bits per heavy atom. The molecule has 2 aromatic rings. The van der Waals surface area contributed by atoms with E-state index in [1.165, 1.54) is 27.6 Å². The first-order valence-corrected chi connectivity index (χ1v) is 8.59. The van der Waals surface area contributed by atoms with Crippen LogP contribution >= 0.6 is 11.3 Å². The zero-order chi connectivity index (χ0) is 14.7. The monoisotopic (exact) mass is 304 g/mol. The summed E-state index contributed by atoms with van der Waals surface area (Å²) in [5.74, 6) is 1.19. The third-order valence-corrected chi connectivity index (χ3v) is 5.11. The molecule has 1 aliphatic rings. The molecule has 0 saturated carbocycles. The van der Waals surface area contributed by atoms with Gasteiger partial charge in [-0.15, -0.1) is 11.3 Å². The normalized spacial score (nSPS) is 15.3. The van der Waals surface area contributed by atoms with Crippen molar-refractivity contribution in [3.8, 4) is 0 Å². The zero-order valence-electron chi connectivity index (χ0n) is 12.9. The summed E-state index contributed by atoms with van der Waals surface area (Å²) in [6, 6.07) is 2.38. The third kappa shape index (κ3) is 3.54. The molecule has 0 spiro atoms. The van der Waals surface area contributed by atoms with Gasteiger partial charge in [0.2, 0.25) is 0 Å².